The number of hydrogen-bond acceptors (Lipinski definition) is 11. The Morgan fingerprint density at radius 2 is 1.76 bits per heavy atom. The van der Waals surface area contributed by atoms with Gasteiger partial charge in [0.2, 0.25) is 0 Å². The smallest absolute Gasteiger partial charge is 0.387 e. The van der Waals surface area contributed by atoms with Crippen LogP contribution in [0.25, 0.3) is 11.3 Å². The second kappa shape index (κ2) is 14.1. The summed E-state index contributed by atoms with van der Waals surface area (Å²) in [6, 6.07) is 2.82. The van der Waals surface area contributed by atoms with Crippen LogP contribution < -0.4 is 10.1 Å². The van der Waals surface area contributed by atoms with Crippen LogP contribution in [-0.2, 0) is 23.4 Å². The van der Waals surface area contributed by atoms with E-state index in [4.69, 9.17) is 12.6 Å². The second-order valence-electron chi connectivity index (χ2n) is 9.87. The summed E-state index contributed by atoms with van der Waals surface area (Å²) >= 11 is 5.47. The predicted molar refractivity (Wildman–Crippen MR) is 151 cm³/mol. The Labute approximate surface area is 247 Å². The third kappa shape index (κ3) is 7.99. The topological polar surface area (TPSA) is 157 Å². The molecule has 16 heteroatoms. The summed E-state index contributed by atoms with van der Waals surface area (Å²) < 4.78 is 44.4. The van der Waals surface area contributed by atoms with Crippen LogP contribution >= 0.6 is 24.4 Å². The SMILES string of the molecule is C=O.CNC1(C)CCSCC1.[B]C(O)(O)C(O)(n1nc(-c2cc(OC(F)F)ccc2F)c2c1CCCC2)C(O)(O)S. The normalized spacial score (nSPS) is 18.2. The van der Waals surface area contributed by atoms with Gasteiger partial charge in [-0.15, -0.1) is 12.6 Å². The zero-order valence-corrected chi connectivity index (χ0v) is 24.4. The number of rotatable bonds is 7. The van der Waals surface area contributed by atoms with Crippen LogP contribution in [-0.4, -0.2) is 91.5 Å². The van der Waals surface area contributed by atoms with Crippen molar-refractivity contribution in [1.82, 2.24) is 15.1 Å². The van der Waals surface area contributed by atoms with Crippen molar-refractivity contribution >= 4 is 39.0 Å². The number of carbonyl (C=O) groups is 1. The molecule has 2 aliphatic rings. The van der Waals surface area contributed by atoms with Crippen molar-refractivity contribution in [2.24, 2.45) is 0 Å². The number of aliphatic hydroxyl groups is 5. The molecule has 1 unspecified atom stereocenters. The number of carbonyl (C=O) groups excluding carboxylic acids is 1. The van der Waals surface area contributed by atoms with Gasteiger partial charge in [-0.3, -0.25) is 0 Å². The number of aromatic nitrogens is 2. The highest BCUT2D eigenvalue weighted by Crippen LogP contribution is 2.42. The van der Waals surface area contributed by atoms with Gasteiger partial charge in [0.25, 0.3) is 10.8 Å². The maximum Gasteiger partial charge on any atom is 0.387 e. The van der Waals surface area contributed by atoms with Crippen molar-refractivity contribution in [2.75, 3.05) is 18.6 Å². The van der Waals surface area contributed by atoms with Gasteiger partial charge >= 0.3 is 6.61 Å². The molecule has 1 aliphatic heterocycles. The fraction of sp³-hybridized carbons (Fsp3) is 0.600. The molecule has 1 aromatic carbocycles. The molecular formula is C25H35BF3N3O7S2. The number of nitrogens with one attached hydrogen (secondary N) is 1. The second-order valence-corrected chi connectivity index (χ2v) is 11.7. The zero-order valence-electron chi connectivity index (χ0n) is 22.7. The van der Waals surface area contributed by atoms with Gasteiger partial charge in [0.05, 0.1) is 5.69 Å². The van der Waals surface area contributed by atoms with E-state index in [-0.39, 0.29) is 29.1 Å². The van der Waals surface area contributed by atoms with E-state index in [1.165, 1.54) is 24.3 Å². The molecule has 0 spiro atoms. The van der Waals surface area contributed by atoms with E-state index < -0.39 is 29.0 Å². The first-order chi connectivity index (χ1) is 19.0. The molecule has 1 aliphatic carbocycles. The zero-order chi connectivity index (χ0) is 31.2. The van der Waals surface area contributed by atoms with Gasteiger partial charge in [0, 0.05) is 22.4 Å². The molecule has 6 N–H and O–H groups in total. The molecule has 2 heterocycles. The van der Waals surface area contributed by atoms with E-state index in [0.717, 1.165) is 18.2 Å². The summed E-state index contributed by atoms with van der Waals surface area (Å²) in [6.45, 7) is 1.15. The van der Waals surface area contributed by atoms with Crippen molar-refractivity contribution in [3.63, 3.8) is 0 Å². The van der Waals surface area contributed by atoms with Crippen LogP contribution in [0.2, 0.25) is 0 Å². The van der Waals surface area contributed by atoms with Crippen LogP contribution in [0.4, 0.5) is 13.2 Å². The highest BCUT2D eigenvalue weighted by Gasteiger charge is 2.61. The largest absolute Gasteiger partial charge is 0.435 e. The fourth-order valence-electron chi connectivity index (χ4n) is 4.56. The first-order valence-corrected chi connectivity index (χ1v) is 14.2. The number of thiol groups is 1. The number of halogens is 3. The molecule has 41 heavy (non-hydrogen) atoms. The summed E-state index contributed by atoms with van der Waals surface area (Å²) in [4.78, 5) is 8.00. The van der Waals surface area contributed by atoms with E-state index in [1.54, 1.807) is 0 Å². The molecular weight excluding hydrogens is 586 g/mol. The van der Waals surface area contributed by atoms with E-state index in [9.17, 15) is 38.7 Å². The van der Waals surface area contributed by atoms with Crippen LogP contribution in [0.1, 0.15) is 43.9 Å². The highest BCUT2D eigenvalue weighted by molar-refractivity contribution is 7.99. The van der Waals surface area contributed by atoms with Gasteiger partial charge in [0.1, 0.15) is 18.4 Å². The fourth-order valence-corrected chi connectivity index (χ4v) is 6.21. The Balaban J connectivity index is 0.000000450. The monoisotopic (exact) mass is 621 g/mol. The van der Waals surface area contributed by atoms with Crippen molar-refractivity contribution in [3.05, 3.63) is 35.3 Å². The lowest BCUT2D eigenvalue weighted by molar-refractivity contribution is -0.355. The van der Waals surface area contributed by atoms with Gasteiger partial charge in [0.15, 0.2) is 13.5 Å². The average Bonchev–Trinajstić information content (AvgIpc) is 3.29. The van der Waals surface area contributed by atoms with Gasteiger partial charge in [-0.2, -0.15) is 25.6 Å². The van der Waals surface area contributed by atoms with Gasteiger partial charge in [-0.1, -0.05) is 0 Å². The average molecular weight is 622 g/mol. The summed E-state index contributed by atoms with van der Waals surface area (Å²) in [6.07, 6.45) is 4.30. The van der Waals surface area contributed by atoms with E-state index in [1.807, 2.05) is 6.79 Å². The standard InChI is InChI=1S/C17H18BF3N2O6S.C7H15NS.CH2O/c18-16(25,26)15(24,17(27,28)30)23-12-4-2-1-3-9(12)13(22-23)10-7-8(29-14(20)21)5-6-11(10)19;1-7(8-2)3-5-9-6-4-7;1-2/h5-7,14,24-28,30H,1-4H2;8H,3-6H2,1-2H3;1H2. The summed E-state index contributed by atoms with van der Waals surface area (Å²) in [5.41, 5.74) is -6.69. The minimum Gasteiger partial charge on any atom is -0.435 e. The number of ether oxygens (including phenoxy) is 1. The number of thioether (sulfide) groups is 1. The third-order valence-electron chi connectivity index (χ3n) is 7.09. The Kier molecular flexibility index (Phi) is 12.2. The first kappa shape index (κ1) is 35.4. The van der Waals surface area contributed by atoms with E-state index in [0.29, 0.717) is 35.0 Å². The number of nitrogens with zero attached hydrogens (tertiary/aromatic N) is 2. The molecule has 1 saturated heterocycles. The Morgan fingerprint density at radius 1 is 1.17 bits per heavy atom. The first-order valence-electron chi connectivity index (χ1n) is 12.6. The van der Waals surface area contributed by atoms with Crippen molar-refractivity contribution in [3.8, 4) is 17.0 Å². The Bertz CT molecular complexity index is 1140. The number of hydrogen-bond donors (Lipinski definition) is 7. The third-order valence-corrected chi connectivity index (χ3v) is 8.38. The molecule has 1 fully saturated rings. The van der Waals surface area contributed by atoms with E-state index in [2.05, 4.69) is 53.5 Å². The van der Waals surface area contributed by atoms with Crippen molar-refractivity contribution in [2.45, 2.75) is 74.1 Å². The molecule has 4 rings (SSSR count). The molecule has 2 radical (unpaired) electrons. The lowest BCUT2D eigenvalue weighted by Crippen LogP contribution is -2.68. The van der Waals surface area contributed by atoms with Gasteiger partial charge in [-0.05, 0) is 82.2 Å². The maximum atomic E-state index is 14.5. The lowest BCUT2D eigenvalue weighted by Gasteiger charge is -2.44. The highest BCUT2D eigenvalue weighted by atomic mass is 32.2. The molecule has 228 valence electrons. The number of fused-ring (bicyclic) bond motifs is 1. The molecule has 0 saturated carbocycles. The quantitative estimate of drug-likeness (QED) is 0.137. The molecule has 1 aromatic heterocycles. The Morgan fingerprint density at radius 3 is 2.24 bits per heavy atom. The molecule has 1 atom stereocenters. The minimum atomic E-state index is -3.65. The summed E-state index contributed by atoms with van der Waals surface area (Å²) in [7, 11) is 7.24. The summed E-state index contributed by atoms with van der Waals surface area (Å²) in [5.74, 6) is 1.44. The van der Waals surface area contributed by atoms with Crippen LogP contribution in [0.15, 0.2) is 18.2 Å². The number of benzene rings is 1. The van der Waals surface area contributed by atoms with Crippen LogP contribution in [0.3, 0.4) is 0 Å². The lowest BCUT2D eigenvalue weighted by atomic mass is 9.82. The number of alkyl halides is 2. The minimum absolute atomic E-state index is 0.109. The molecule has 10 nitrogen and oxygen atoms in total. The molecule has 0 amide bonds. The van der Waals surface area contributed by atoms with Crippen LogP contribution in [0, 0.1) is 5.82 Å². The molecule has 2 aromatic rings. The van der Waals surface area contributed by atoms with E-state index >= 15 is 0 Å². The van der Waals surface area contributed by atoms with Gasteiger partial charge in [-0.25, -0.2) is 9.07 Å². The Hall–Kier alpha value is -1.79. The van der Waals surface area contributed by atoms with Crippen molar-refractivity contribution < 1.29 is 48.2 Å². The van der Waals surface area contributed by atoms with Crippen molar-refractivity contribution in [1.29, 1.82) is 0 Å². The maximum absolute atomic E-state index is 14.5. The predicted octanol–water partition coefficient (Wildman–Crippen LogP) is 1.50. The summed E-state index contributed by atoms with van der Waals surface area (Å²) in [5, 5.41) is 54.3. The van der Waals surface area contributed by atoms with Gasteiger partial charge < -0.3 is 40.4 Å². The van der Waals surface area contributed by atoms with Crippen LogP contribution in [0.5, 0.6) is 5.75 Å². The molecule has 0 bridgehead atoms.